The minimum absolute atomic E-state index is 0.247. The molecule has 1 heterocycles. The molecule has 0 amide bonds. The van der Waals surface area contributed by atoms with E-state index in [1.807, 2.05) is 6.92 Å². The summed E-state index contributed by atoms with van der Waals surface area (Å²) >= 11 is 0. The molecule has 0 aliphatic carbocycles. The van der Waals surface area contributed by atoms with Crippen LogP contribution < -0.4 is 0 Å². The second-order valence-corrected chi connectivity index (χ2v) is 4.27. The fourth-order valence-corrected chi connectivity index (χ4v) is 2.48. The first-order valence-corrected chi connectivity index (χ1v) is 6.10. The van der Waals surface area contributed by atoms with E-state index in [9.17, 15) is 5.11 Å². The smallest absolute Gasteiger partial charge is 0.0938 e. The van der Waals surface area contributed by atoms with Gasteiger partial charge in [-0.2, -0.15) is 0 Å². The molecule has 1 saturated heterocycles. The summed E-state index contributed by atoms with van der Waals surface area (Å²) in [6.07, 6.45) is 2.27. The van der Waals surface area contributed by atoms with Crippen LogP contribution in [0.2, 0.25) is 0 Å². The molecule has 1 aliphatic heterocycles. The predicted octanol–water partition coefficient (Wildman–Crippen LogP) is 1.98. The Balaban J connectivity index is 2.67. The number of rotatable bonds is 6. The van der Waals surface area contributed by atoms with Gasteiger partial charge in [-0.05, 0) is 26.2 Å². The summed E-state index contributed by atoms with van der Waals surface area (Å²) in [5.41, 5.74) is -0.368. The van der Waals surface area contributed by atoms with Gasteiger partial charge in [0.25, 0.3) is 0 Å². The van der Waals surface area contributed by atoms with Crippen LogP contribution >= 0.6 is 0 Å². The Bertz CT molecular complexity index is 172. The lowest BCUT2D eigenvalue weighted by molar-refractivity contribution is -0.143. The van der Waals surface area contributed by atoms with Gasteiger partial charge in [0.05, 0.1) is 18.3 Å². The molecule has 1 fully saturated rings. The molecule has 1 N–H and O–H groups in total. The molecule has 15 heavy (non-hydrogen) atoms. The average Bonchev–Trinajstić information content (AvgIpc) is 2.78. The normalized spacial score (nSPS) is 24.4. The van der Waals surface area contributed by atoms with Crippen LogP contribution in [-0.2, 0) is 9.47 Å². The molecule has 0 saturated carbocycles. The van der Waals surface area contributed by atoms with Gasteiger partial charge in [0, 0.05) is 19.1 Å². The quantitative estimate of drug-likeness (QED) is 0.738. The molecule has 2 unspecified atom stereocenters. The molecule has 0 aromatic heterocycles. The Morgan fingerprint density at radius 2 is 2.07 bits per heavy atom. The van der Waals surface area contributed by atoms with Gasteiger partial charge >= 0.3 is 0 Å². The minimum Gasteiger partial charge on any atom is -0.390 e. The maximum absolute atomic E-state index is 10.4. The second-order valence-electron chi connectivity index (χ2n) is 4.27. The van der Waals surface area contributed by atoms with Gasteiger partial charge in [0.15, 0.2) is 0 Å². The molecule has 1 aliphatic rings. The third-order valence-electron chi connectivity index (χ3n) is 3.58. The summed E-state index contributed by atoms with van der Waals surface area (Å²) < 4.78 is 11.1. The van der Waals surface area contributed by atoms with Gasteiger partial charge < -0.3 is 14.6 Å². The van der Waals surface area contributed by atoms with E-state index in [-0.39, 0.29) is 11.5 Å². The monoisotopic (exact) mass is 216 g/mol. The molecule has 3 heteroatoms. The minimum atomic E-state index is -0.394. The lowest BCUT2D eigenvalue weighted by Gasteiger charge is -2.38. The first kappa shape index (κ1) is 12.9. The van der Waals surface area contributed by atoms with Gasteiger partial charge in [-0.15, -0.1) is 0 Å². The van der Waals surface area contributed by atoms with Crippen molar-refractivity contribution < 1.29 is 14.6 Å². The molecule has 3 nitrogen and oxygen atoms in total. The summed E-state index contributed by atoms with van der Waals surface area (Å²) in [5, 5.41) is 10.4. The maximum atomic E-state index is 10.4. The first-order chi connectivity index (χ1) is 7.20. The molecule has 90 valence electrons. The fourth-order valence-electron chi connectivity index (χ4n) is 2.48. The first-order valence-electron chi connectivity index (χ1n) is 6.10. The van der Waals surface area contributed by atoms with Crippen molar-refractivity contribution in [2.45, 2.75) is 51.7 Å². The highest BCUT2D eigenvalue weighted by atomic mass is 16.5. The predicted molar refractivity (Wildman–Crippen MR) is 59.9 cm³/mol. The van der Waals surface area contributed by atoms with Crippen molar-refractivity contribution >= 4 is 0 Å². The number of aliphatic hydroxyl groups is 1. The maximum Gasteiger partial charge on any atom is 0.0938 e. The lowest BCUT2D eigenvalue weighted by Crippen LogP contribution is -2.48. The highest BCUT2D eigenvalue weighted by Crippen LogP contribution is 2.32. The summed E-state index contributed by atoms with van der Waals surface area (Å²) in [6, 6.07) is 0. The zero-order chi connectivity index (χ0) is 11.3. The highest BCUT2D eigenvalue weighted by Gasteiger charge is 2.41. The third kappa shape index (κ3) is 2.71. The molecule has 2 atom stereocenters. The highest BCUT2D eigenvalue weighted by molar-refractivity contribution is 4.91. The van der Waals surface area contributed by atoms with Crippen molar-refractivity contribution in [3.05, 3.63) is 0 Å². The van der Waals surface area contributed by atoms with Crippen LogP contribution in [0.1, 0.15) is 40.0 Å². The molecular formula is C12H24O3. The molecular weight excluding hydrogens is 192 g/mol. The molecule has 0 aromatic carbocycles. The van der Waals surface area contributed by atoms with Gasteiger partial charge in [0.2, 0.25) is 0 Å². The van der Waals surface area contributed by atoms with Crippen molar-refractivity contribution in [1.29, 1.82) is 0 Å². The van der Waals surface area contributed by atoms with E-state index in [1.165, 1.54) is 0 Å². The lowest BCUT2D eigenvalue weighted by atomic mass is 9.82. The van der Waals surface area contributed by atoms with E-state index in [1.54, 1.807) is 0 Å². The summed E-state index contributed by atoms with van der Waals surface area (Å²) in [4.78, 5) is 0. The Hall–Kier alpha value is -0.120. The van der Waals surface area contributed by atoms with Crippen LogP contribution in [0, 0.1) is 5.92 Å². The Morgan fingerprint density at radius 1 is 1.40 bits per heavy atom. The average molecular weight is 216 g/mol. The summed E-state index contributed by atoms with van der Waals surface area (Å²) in [6.45, 7) is 8.26. The van der Waals surface area contributed by atoms with Crippen molar-refractivity contribution in [1.82, 2.24) is 0 Å². The van der Waals surface area contributed by atoms with Crippen LogP contribution in [0.5, 0.6) is 0 Å². The molecule has 0 radical (unpaired) electrons. The molecule has 1 rings (SSSR count). The Kier molecular flexibility index (Phi) is 5.03. The van der Waals surface area contributed by atoms with Gasteiger partial charge in [-0.25, -0.2) is 0 Å². The number of ether oxygens (including phenoxy) is 2. The van der Waals surface area contributed by atoms with E-state index in [4.69, 9.17) is 9.47 Å². The van der Waals surface area contributed by atoms with Crippen LogP contribution in [0.3, 0.4) is 0 Å². The van der Waals surface area contributed by atoms with Crippen LogP contribution in [-0.4, -0.2) is 36.6 Å². The second kappa shape index (κ2) is 5.83. The molecule has 0 spiro atoms. The van der Waals surface area contributed by atoms with E-state index < -0.39 is 6.10 Å². The van der Waals surface area contributed by atoms with Crippen molar-refractivity contribution in [2.75, 3.05) is 19.8 Å². The van der Waals surface area contributed by atoms with Gasteiger partial charge in [0.1, 0.15) is 0 Å². The van der Waals surface area contributed by atoms with Gasteiger partial charge in [-0.3, -0.25) is 0 Å². The van der Waals surface area contributed by atoms with Crippen molar-refractivity contribution in [2.24, 2.45) is 5.92 Å². The number of aliphatic hydroxyl groups excluding tert-OH is 1. The van der Waals surface area contributed by atoms with E-state index in [0.717, 1.165) is 25.9 Å². The largest absolute Gasteiger partial charge is 0.390 e. The van der Waals surface area contributed by atoms with Gasteiger partial charge in [-0.1, -0.05) is 13.8 Å². The van der Waals surface area contributed by atoms with Crippen LogP contribution in [0.25, 0.3) is 0 Å². The van der Waals surface area contributed by atoms with Crippen molar-refractivity contribution in [3.63, 3.8) is 0 Å². The van der Waals surface area contributed by atoms with E-state index >= 15 is 0 Å². The van der Waals surface area contributed by atoms with Crippen LogP contribution in [0.4, 0.5) is 0 Å². The molecule has 0 aromatic rings. The van der Waals surface area contributed by atoms with Crippen molar-refractivity contribution in [3.8, 4) is 0 Å². The standard InChI is InChI=1S/C12H24O3/c1-4-12(5-2,15-6-3)11(13)10-7-8-14-9-10/h10-11,13H,4-9H2,1-3H3. The summed E-state index contributed by atoms with van der Waals surface area (Å²) in [5.74, 6) is 0.247. The van der Waals surface area contributed by atoms with E-state index in [0.29, 0.717) is 13.2 Å². The fraction of sp³-hybridized carbons (Fsp3) is 1.00. The Labute approximate surface area is 92.8 Å². The molecule has 0 bridgehead atoms. The third-order valence-corrected chi connectivity index (χ3v) is 3.58. The summed E-state index contributed by atoms with van der Waals surface area (Å²) in [7, 11) is 0. The number of hydrogen-bond donors (Lipinski definition) is 1. The zero-order valence-corrected chi connectivity index (χ0v) is 10.2. The SMILES string of the molecule is CCOC(CC)(CC)C(O)C1CCOC1. The zero-order valence-electron chi connectivity index (χ0n) is 10.2. The number of hydrogen-bond acceptors (Lipinski definition) is 3. The topological polar surface area (TPSA) is 38.7 Å². The van der Waals surface area contributed by atoms with Crippen LogP contribution in [0.15, 0.2) is 0 Å². The Morgan fingerprint density at radius 3 is 2.47 bits per heavy atom. The van der Waals surface area contributed by atoms with E-state index in [2.05, 4.69) is 13.8 Å².